The molecule has 3 aliphatic rings. The fourth-order valence-corrected chi connectivity index (χ4v) is 5.87. The van der Waals surface area contributed by atoms with Gasteiger partial charge in [0.1, 0.15) is 0 Å². The maximum atomic E-state index is 4.21. The van der Waals surface area contributed by atoms with Gasteiger partial charge in [-0.15, -0.1) is 0 Å². The van der Waals surface area contributed by atoms with Crippen LogP contribution in [0.3, 0.4) is 0 Å². The van der Waals surface area contributed by atoms with E-state index in [0.29, 0.717) is 0 Å². The fraction of sp³-hybridized carbons (Fsp3) is 0.235. The Hall–Kier alpha value is -3.98. The minimum absolute atomic E-state index is 0.0791. The summed E-state index contributed by atoms with van der Waals surface area (Å²) in [7, 11) is 3.61. The van der Waals surface area contributed by atoms with E-state index in [4.69, 9.17) is 0 Å². The molecular weight excluding hydrogens is 450 g/mol. The summed E-state index contributed by atoms with van der Waals surface area (Å²) in [5.74, 6) is 0.163. The summed E-state index contributed by atoms with van der Waals surface area (Å²) in [5, 5.41) is 0. The molecule has 1 atom stereocenters. The van der Waals surface area contributed by atoms with Crippen LogP contribution in [0.4, 0.5) is 5.69 Å². The zero-order valence-electron chi connectivity index (χ0n) is 22.5. The van der Waals surface area contributed by atoms with E-state index < -0.39 is 0 Å². The molecule has 0 N–H and O–H groups in total. The zero-order valence-corrected chi connectivity index (χ0v) is 22.5. The van der Waals surface area contributed by atoms with Crippen LogP contribution >= 0.6 is 0 Å². The molecule has 186 valence electrons. The number of hydrogen-bond donors (Lipinski definition) is 0. The maximum Gasteiger partial charge on any atom is 0.0503 e. The Bertz CT molecular complexity index is 1470. The number of fused-ring (bicyclic) bond motifs is 6. The van der Waals surface area contributed by atoms with E-state index in [1.54, 1.807) is 7.05 Å². The average Bonchev–Trinajstić information content (AvgIpc) is 3.02. The van der Waals surface area contributed by atoms with Crippen LogP contribution in [-0.4, -0.2) is 26.5 Å². The van der Waals surface area contributed by atoms with Gasteiger partial charge in [-0.25, -0.2) is 0 Å². The molecule has 2 aromatic carbocycles. The van der Waals surface area contributed by atoms with Crippen LogP contribution < -0.4 is 4.90 Å². The van der Waals surface area contributed by atoms with Crippen molar-refractivity contribution in [2.24, 2.45) is 9.98 Å². The molecule has 37 heavy (non-hydrogen) atoms. The molecule has 0 aromatic heterocycles. The lowest BCUT2D eigenvalue weighted by Crippen LogP contribution is -2.26. The molecule has 1 unspecified atom stereocenters. The molecule has 5 rings (SSSR count). The van der Waals surface area contributed by atoms with Gasteiger partial charge in [0.15, 0.2) is 0 Å². The van der Waals surface area contributed by atoms with Crippen molar-refractivity contribution >= 4 is 29.3 Å². The molecule has 3 nitrogen and oxygen atoms in total. The summed E-state index contributed by atoms with van der Waals surface area (Å²) in [6.07, 6.45) is 18.0. The Morgan fingerprint density at radius 2 is 1.78 bits per heavy atom. The Kier molecular flexibility index (Phi) is 6.55. The number of anilines is 1. The number of rotatable bonds is 6. The van der Waals surface area contributed by atoms with E-state index in [9.17, 15) is 0 Å². The van der Waals surface area contributed by atoms with Crippen molar-refractivity contribution in [3.8, 4) is 0 Å². The monoisotopic (exact) mass is 485 g/mol. The molecule has 0 saturated heterocycles. The summed E-state index contributed by atoms with van der Waals surface area (Å²) in [4.78, 5) is 10.7. The highest BCUT2D eigenvalue weighted by Crippen LogP contribution is 2.54. The first-order chi connectivity index (χ1) is 17.9. The first-order valence-electron chi connectivity index (χ1n) is 13.0. The van der Waals surface area contributed by atoms with Crippen LogP contribution in [0.1, 0.15) is 55.4 Å². The molecule has 0 amide bonds. The molecular formula is C34H35N3. The van der Waals surface area contributed by atoms with E-state index in [-0.39, 0.29) is 11.3 Å². The Morgan fingerprint density at radius 3 is 2.51 bits per heavy atom. The molecule has 0 fully saturated rings. The van der Waals surface area contributed by atoms with Crippen molar-refractivity contribution in [2.45, 2.75) is 38.5 Å². The van der Waals surface area contributed by atoms with Crippen LogP contribution in [-0.2, 0) is 5.41 Å². The molecule has 3 heteroatoms. The second kappa shape index (κ2) is 9.82. The van der Waals surface area contributed by atoms with Gasteiger partial charge in [-0.2, -0.15) is 0 Å². The minimum Gasteiger partial charge on any atom is -0.310 e. The number of aliphatic imine (C=N–C) groups is 2. The Balaban J connectivity index is 1.77. The summed E-state index contributed by atoms with van der Waals surface area (Å²) in [5.41, 5.74) is 12.5. The summed E-state index contributed by atoms with van der Waals surface area (Å²) in [6, 6.07) is 15.7. The molecule has 0 spiro atoms. The second-order valence-electron chi connectivity index (χ2n) is 10.2. The Labute approximate surface area is 221 Å². The van der Waals surface area contributed by atoms with E-state index in [2.05, 4.69) is 109 Å². The quantitative estimate of drug-likeness (QED) is 0.300. The predicted octanol–water partition coefficient (Wildman–Crippen LogP) is 8.05. The number of hydrogen-bond acceptors (Lipinski definition) is 3. The standard InChI is InChI=1S/C34H35N3/c1-7-23(15-17-35-5)24-13-14-33-29(20-24)25-19-27(37(33)26(8-2)16-18-36-6)22-32-30(21-25)28-11-9-10-12-31(28)34(32,3)4/h8-22,25H,2,7H2,1,3-6H3/b23-15+,26-16?,35-17?,36-18?. The van der Waals surface area contributed by atoms with Gasteiger partial charge >= 0.3 is 0 Å². The van der Waals surface area contributed by atoms with Crippen molar-refractivity contribution in [3.63, 3.8) is 0 Å². The van der Waals surface area contributed by atoms with Gasteiger partial charge < -0.3 is 4.90 Å². The molecule has 0 saturated carbocycles. The van der Waals surface area contributed by atoms with Gasteiger partial charge in [0.25, 0.3) is 0 Å². The summed E-state index contributed by atoms with van der Waals surface area (Å²) >= 11 is 0. The van der Waals surface area contributed by atoms with Gasteiger partial charge in [0.05, 0.1) is 5.69 Å². The molecule has 1 heterocycles. The molecule has 2 aliphatic carbocycles. The lowest BCUT2D eigenvalue weighted by molar-refractivity contribution is 0.660. The number of benzene rings is 2. The highest BCUT2D eigenvalue weighted by Gasteiger charge is 2.41. The van der Waals surface area contributed by atoms with Crippen molar-refractivity contribution in [1.29, 1.82) is 0 Å². The van der Waals surface area contributed by atoms with E-state index in [1.165, 1.54) is 50.4 Å². The first kappa shape index (κ1) is 24.7. The van der Waals surface area contributed by atoms with Crippen LogP contribution in [0.5, 0.6) is 0 Å². The zero-order chi connectivity index (χ0) is 26.2. The number of allylic oxidation sites excluding steroid dienone is 9. The highest BCUT2D eigenvalue weighted by molar-refractivity contribution is 5.93. The molecule has 2 aromatic rings. The summed E-state index contributed by atoms with van der Waals surface area (Å²) < 4.78 is 0. The van der Waals surface area contributed by atoms with Crippen LogP contribution in [0.25, 0.3) is 11.1 Å². The van der Waals surface area contributed by atoms with Crippen molar-refractivity contribution < 1.29 is 0 Å². The minimum atomic E-state index is -0.0791. The van der Waals surface area contributed by atoms with Crippen molar-refractivity contribution in [2.75, 3.05) is 19.0 Å². The first-order valence-corrected chi connectivity index (χ1v) is 13.0. The third kappa shape index (κ3) is 4.09. The normalized spacial score (nSPS) is 20.2. The van der Waals surface area contributed by atoms with Crippen LogP contribution in [0.2, 0.25) is 0 Å². The molecule has 2 bridgehead atoms. The largest absolute Gasteiger partial charge is 0.310 e. The van der Waals surface area contributed by atoms with Gasteiger partial charge in [-0.3, -0.25) is 9.98 Å². The fourth-order valence-electron chi connectivity index (χ4n) is 5.87. The van der Waals surface area contributed by atoms with E-state index in [0.717, 1.165) is 12.1 Å². The molecule has 0 radical (unpaired) electrons. The van der Waals surface area contributed by atoms with Gasteiger partial charge in [-0.05, 0) is 87.9 Å². The lowest BCUT2D eigenvalue weighted by atomic mass is 9.82. The molecule has 1 aliphatic heterocycles. The highest BCUT2D eigenvalue weighted by atomic mass is 15.2. The lowest BCUT2D eigenvalue weighted by Gasteiger charge is -2.35. The SMILES string of the molecule is C=CC(=CC=NC)N1C2=CC(C=C3C(=C2)C(C)(C)c2ccccc23)c2cc(/C(=C/C=NC)CC)ccc21. The smallest absolute Gasteiger partial charge is 0.0503 e. The van der Waals surface area contributed by atoms with Crippen molar-refractivity contribution in [1.82, 2.24) is 0 Å². The predicted molar refractivity (Wildman–Crippen MR) is 161 cm³/mol. The van der Waals surface area contributed by atoms with E-state index >= 15 is 0 Å². The van der Waals surface area contributed by atoms with Crippen LogP contribution in [0, 0.1) is 0 Å². The third-order valence-corrected chi connectivity index (χ3v) is 7.77. The second-order valence-corrected chi connectivity index (χ2v) is 10.2. The number of nitrogens with zero attached hydrogens (tertiary/aromatic N) is 3. The maximum absolute atomic E-state index is 4.21. The van der Waals surface area contributed by atoms with E-state index in [1.807, 2.05) is 31.6 Å². The van der Waals surface area contributed by atoms with Crippen molar-refractivity contribution in [3.05, 3.63) is 125 Å². The van der Waals surface area contributed by atoms with Gasteiger partial charge in [-0.1, -0.05) is 63.8 Å². The Morgan fingerprint density at radius 1 is 1.03 bits per heavy atom. The van der Waals surface area contributed by atoms with Gasteiger partial charge in [0, 0.05) is 49.3 Å². The topological polar surface area (TPSA) is 28.0 Å². The van der Waals surface area contributed by atoms with Gasteiger partial charge in [0.2, 0.25) is 0 Å². The average molecular weight is 486 g/mol. The van der Waals surface area contributed by atoms with Crippen LogP contribution in [0.15, 0.2) is 112 Å². The third-order valence-electron chi connectivity index (χ3n) is 7.77. The summed E-state index contributed by atoms with van der Waals surface area (Å²) in [6.45, 7) is 11.0.